The van der Waals surface area contributed by atoms with Gasteiger partial charge in [-0.2, -0.15) is 0 Å². The highest BCUT2D eigenvalue weighted by atomic mass is 32.2. The van der Waals surface area contributed by atoms with Gasteiger partial charge in [0, 0.05) is 31.4 Å². The number of hydrogen-bond acceptors (Lipinski definition) is 8. The lowest BCUT2D eigenvalue weighted by molar-refractivity contribution is -0.136. The molecule has 1 N–H and O–H groups in total. The molecule has 1 fully saturated rings. The highest BCUT2D eigenvalue weighted by Crippen LogP contribution is 2.44. The van der Waals surface area contributed by atoms with E-state index < -0.39 is 23.4 Å². The first-order valence-corrected chi connectivity index (χ1v) is 10.4. The van der Waals surface area contributed by atoms with Crippen LogP contribution in [-0.2, 0) is 19.1 Å². The summed E-state index contributed by atoms with van der Waals surface area (Å²) >= 11 is 1.32. The number of esters is 2. The minimum Gasteiger partial charge on any atom is -0.465 e. The molecule has 1 aromatic carbocycles. The fourth-order valence-electron chi connectivity index (χ4n) is 3.25. The van der Waals surface area contributed by atoms with E-state index >= 15 is 0 Å². The maximum absolute atomic E-state index is 12.9. The second-order valence-electron chi connectivity index (χ2n) is 6.67. The summed E-state index contributed by atoms with van der Waals surface area (Å²) in [6, 6.07) is 8.79. The summed E-state index contributed by atoms with van der Waals surface area (Å²) in [6.07, 6.45) is 1.55. The Bertz CT molecular complexity index is 1010. The number of nitrogens with one attached hydrogen (secondary N) is 1. The number of methoxy groups -OCH3 is 1. The fourth-order valence-corrected chi connectivity index (χ4v) is 4.76. The molecular formula is C21H21N3O6S. The van der Waals surface area contributed by atoms with Crippen molar-refractivity contribution in [1.29, 1.82) is 0 Å². The first kappa shape index (κ1) is 22.3. The number of benzene rings is 1. The Morgan fingerprint density at radius 3 is 2.55 bits per heavy atom. The van der Waals surface area contributed by atoms with E-state index in [-0.39, 0.29) is 23.1 Å². The van der Waals surface area contributed by atoms with E-state index in [2.05, 4.69) is 10.3 Å². The zero-order valence-corrected chi connectivity index (χ0v) is 18.0. The van der Waals surface area contributed by atoms with Crippen molar-refractivity contribution >= 4 is 41.3 Å². The van der Waals surface area contributed by atoms with Gasteiger partial charge in [-0.1, -0.05) is 6.07 Å². The van der Waals surface area contributed by atoms with Crippen LogP contribution in [0.4, 0.5) is 5.82 Å². The quantitative estimate of drug-likeness (QED) is 0.553. The van der Waals surface area contributed by atoms with Crippen molar-refractivity contribution in [1.82, 2.24) is 9.88 Å². The Kier molecular flexibility index (Phi) is 6.91. The minimum atomic E-state index is -0.780. The minimum absolute atomic E-state index is 0.216. The predicted octanol–water partition coefficient (Wildman–Crippen LogP) is 2.39. The number of hydrogen-bond donors (Lipinski definition) is 1. The van der Waals surface area contributed by atoms with Crippen LogP contribution in [0.2, 0.25) is 0 Å². The Balaban J connectivity index is 1.95. The van der Waals surface area contributed by atoms with Crippen molar-refractivity contribution in [2.45, 2.75) is 25.3 Å². The molecule has 2 atom stereocenters. The second kappa shape index (κ2) is 9.61. The van der Waals surface area contributed by atoms with Gasteiger partial charge in [0.1, 0.15) is 23.0 Å². The van der Waals surface area contributed by atoms with Gasteiger partial charge in [0.05, 0.1) is 12.7 Å². The van der Waals surface area contributed by atoms with Crippen LogP contribution < -0.4 is 10.1 Å². The third-order valence-electron chi connectivity index (χ3n) is 4.54. The van der Waals surface area contributed by atoms with E-state index in [4.69, 9.17) is 9.47 Å². The maximum Gasteiger partial charge on any atom is 0.338 e. The zero-order valence-electron chi connectivity index (χ0n) is 17.2. The molecule has 1 aromatic heterocycles. The number of aromatic nitrogens is 1. The molecule has 1 aliphatic heterocycles. The lowest BCUT2D eigenvalue weighted by atomic mass is 10.0. The van der Waals surface area contributed by atoms with Gasteiger partial charge in [-0.15, -0.1) is 11.8 Å². The maximum atomic E-state index is 12.9. The molecule has 2 unspecified atom stereocenters. The molecule has 31 heavy (non-hydrogen) atoms. The first-order chi connectivity index (χ1) is 14.8. The molecule has 10 heteroatoms. The molecule has 0 bridgehead atoms. The van der Waals surface area contributed by atoms with Crippen LogP contribution in [0, 0.1) is 0 Å². The van der Waals surface area contributed by atoms with Crippen molar-refractivity contribution in [2.24, 2.45) is 0 Å². The third-order valence-corrected chi connectivity index (χ3v) is 5.84. The molecule has 3 rings (SSSR count). The lowest BCUT2D eigenvalue weighted by Crippen LogP contribution is -2.44. The smallest absolute Gasteiger partial charge is 0.338 e. The standard InChI is InChI=1S/C21H21N3O6S/c1-12(25)24-17(19(27)23-18-6-4-5-9-22-18)11-31-20(24)16-10-14(30-13(2)26)7-8-15(16)21(28)29-3/h4-10,17,20H,11H2,1-3H3,(H,22,23,27). The normalized spacial score (nSPS) is 17.7. The van der Waals surface area contributed by atoms with Crippen LogP contribution in [0.3, 0.4) is 0 Å². The summed E-state index contributed by atoms with van der Waals surface area (Å²) in [7, 11) is 1.25. The Hall–Kier alpha value is -3.40. The van der Waals surface area contributed by atoms with Crippen LogP contribution in [0.5, 0.6) is 5.75 Å². The number of nitrogens with zero attached hydrogens (tertiary/aromatic N) is 2. The van der Waals surface area contributed by atoms with Crippen molar-refractivity contribution in [2.75, 3.05) is 18.2 Å². The van der Waals surface area contributed by atoms with E-state index in [0.717, 1.165) is 0 Å². The number of carbonyl (C=O) groups excluding carboxylic acids is 4. The molecule has 0 aliphatic carbocycles. The molecule has 2 heterocycles. The van der Waals surface area contributed by atoms with Crippen LogP contribution >= 0.6 is 11.8 Å². The third kappa shape index (κ3) is 5.02. The van der Waals surface area contributed by atoms with E-state index in [1.54, 1.807) is 24.4 Å². The fraction of sp³-hybridized carbons (Fsp3) is 0.286. The SMILES string of the molecule is COC(=O)c1ccc(OC(C)=O)cc1C1SCC(C(=O)Nc2ccccn2)N1C(C)=O. The largest absolute Gasteiger partial charge is 0.465 e. The summed E-state index contributed by atoms with van der Waals surface area (Å²) in [5, 5.41) is 2.06. The van der Waals surface area contributed by atoms with Gasteiger partial charge in [0.2, 0.25) is 11.8 Å². The van der Waals surface area contributed by atoms with Gasteiger partial charge >= 0.3 is 11.9 Å². The number of ether oxygens (including phenoxy) is 2. The monoisotopic (exact) mass is 443 g/mol. The van der Waals surface area contributed by atoms with Gasteiger partial charge in [-0.05, 0) is 30.3 Å². The second-order valence-corrected chi connectivity index (χ2v) is 7.78. The van der Waals surface area contributed by atoms with Gasteiger partial charge in [-0.25, -0.2) is 9.78 Å². The van der Waals surface area contributed by atoms with Gasteiger partial charge in [0.25, 0.3) is 0 Å². The zero-order chi connectivity index (χ0) is 22.5. The van der Waals surface area contributed by atoms with Crippen LogP contribution in [0.25, 0.3) is 0 Å². The van der Waals surface area contributed by atoms with Gasteiger partial charge < -0.3 is 19.7 Å². The molecule has 2 aromatic rings. The topological polar surface area (TPSA) is 115 Å². The summed E-state index contributed by atoms with van der Waals surface area (Å²) in [6.45, 7) is 2.62. The molecule has 9 nitrogen and oxygen atoms in total. The molecule has 1 saturated heterocycles. The van der Waals surface area contributed by atoms with Crippen LogP contribution in [0.1, 0.15) is 35.1 Å². The van der Waals surface area contributed by atoms with Gasteiger partial charge in [-0.3, -0.25) is 14.4 Å². The predicted molar refractivity (Wildman–Crippen MR) is 113 cm³/mol. The number of rotatable bonds is 5. The van der Waals surface area contributed by atoms with Crippen molar-refractivity contribution in [3.8, 4) is 5.75 Å². The van der Waals surface area contributed by atoms with E-state index in [9.17, 15) is 19.2 Å². The van der Waals surface area contributed by atoms with Crippen molar-refractivity contribution in [3.05, 3.63) is 53.7 Å². The molecule has 1 aliphatic rings. The highest BCUT2D eigenvalue weighted by molar-refractivity contribution is 7.99. The average molecular weight is 443 g/mol. The summed E-state index contributed by atoms with van der Waals surface area (Å²) in [5.74, 6) is -0.954. The molecule has 0 saturated carbocycles. The number of carbonyl (C=O) groups is 4. The molecule has 0 radical (unpaired) electrons. The summed E-state index contributed by atoms with van der Waals surface area (Å²) in [4.78, 5) is 54.6. The van der Waals surface area contributed by atoms with E-state index in [0.29, 0.717) is 17.1 Å². The first-order valence-electron chi connectivity index (χ1n) is 9.35. The van der Waals surface area contributed by atoms with Crippen LogP contribution in [0.15, 0.2) is 42.6 Å². The number of thioether (sulfide) groups is 1. The van der Waals surface area contributed by atoms with Gasteiger partial charge in [0.15, 0.2) is 0 Å². The molecule has 0 spiro atoms. The highest BCUT2D eigenvalue weighted by Gasteiger charge is 2.42. The molecule has 162 valence electrons. The average Bonchev–Trinajstić information content (AvgIpc) is 3.19. The number of amides is 2. The number of pyridine rings is 1. The Morgan fingerprint density at radius 2 is 1.94 bits per heavy atom. The Morgan fingerprint density at radius 1 is 1.16 bits per heavy atom. The summed E-state index contributed by atoms with van der Waals surface area (Å²) < 4.78 is 10.0. The van der Waals surface area contributed by atoms with Crippen molar-refractivity contribution < 1.29 is 28.7 Å². The Labute approximate surface area is 183 Å². The summed E-state index contributed by atoms with van der Waals surface area (Å²) in [5.41, 5.74) is 0.631. The number of anilines is 1. The van der Waals surface area contributed by atoms with E-state index in [1.807, 2.05) is 0 Å². The molecule has 2 amide bonds. The molecular weight excluding hydrogens is 422 g/mol. The van der Waals surface area contributed by atoms with Crippen LogP contribution in [-0.4, -0.2) is 52.5 Å². The lowest BCUT2D eigenvalue weighted by Gasteiger charge is -2.28. The van der Waals surface area contributed by atoms with E-state index in [1.165, 1.54) is 55.8 Å². The van der Waals surface area contributed by atoms with Crippen molar-refractivity contribution in [3.63, 3.8) is 0 Å².